The number of hydrogen-bond acceptors (Lipinski definition) is 4. The van der Waals surface area contributed by atoms with E-state index in [1.54, 1.807) is 11.3 Å². The first kappa shape index (κ1) is 13.0. The average Bonchev–Trinajstić information content (AvgIpc) is 2.81. The van der Waals surface area contributed by atoms with Gasteiger partial charge < -0.3 is 10.9 Å². The Hall–Kier alpha value is -1.07. The van der Waals surface area contributed by atoms with Crippen LogP contribution in [0.25, 0.3) is 0 Å². The topological polar surface area (TPSA) is 61.9 Å². The number of rotatable bonds is 6. The molecule has 0 amide bonds. The van der Waals surface area contributed by atoms with Gasteiger partial charge >= 0.3 is 0 Å². The highest BCUT2D eigenvalue weighted by Gasteiger charge is 2.19. The quantitative estimate of drug-likeness (QED) is 0.347. The summed E-state index contributed by atoms with van der Waals surface area (Å²) in [5.74, 6) is 0.293. The minimum Gasteiger partial charge on any atom is -0.409 e. The Morgan fingerprint density at radius 1 is 1.62 bits per heavy atom. The molecule has 0 aliphatic heterocycles. The smallest absolute Gasteiger partial charge is 0.156 e. The molecule has 1 aromatic rings. The van der Waals surface area contributed by atoms with E-state index in [0.717, 1.165) is 19.5 Å². The molecule has 4 nitrogen and oxygen atoms in total. The van der Waals surface area contributed by atoms with Crippen LogP contribution in [0.1, 0.15) is 25.1 Å². The molecule has 90 valence electrons. The Morgan fingerprint density at radius 3 is 2.81 bits per heavy atom. The molecule has 1 heterocycles. The zero-order chi connectivity index (χ0) is 12.0. The monoisotopic (exact) mass is 241 g/mol. The van der Waals surface area contributed by atoms with Gasteiger partial charge in [0.1, 0.15) is 0 Å². The van der Waals surface area contributed by atoms with Gasteiger partial charge in [-0.15, -0.1) is 11.3 Å². The van der Waals surface area contributed by atoms with E-state index in [1.165, 1.54) is 4.88 Å². The molecule has 3 N–H and O–H groups in total. The summed E-state index contributed by atoms with van der Waals surface area (Å²) in [5.41, 5.74) is 5.69. The van der Waals surface area contributed by atoms with Gasteiger partial charge in [-0.25, -0.2) is 0 Å². The molecular formula is C11H19N3OS. The highest BCUT2D eigenvalue weighted by molar-refractivity contribution is 7.09. The normalized spacial score (nSPS) is 14.3. The zero-order valence-electron chi connectivity index (χ0n) is 9.76. The molecule has 1 aromatic heterocycles. The SMILES string of the molecule is CCC(C(N)=NO)N(CC)Cc1cccs1. The molecule has 1 rings (SSSR count). The second-order valence-electron chi connectivity index (χ2n) is 3.59. The molecule has 1 atom stereocenters. The van der Waals surface area contributed by atoms with Gasteiger partial charge in [0.25, 0.3) is 0 Å². The standard InChI is InChI=1S/C11H19N3OS/c1-3-10(11(12)13-15)14(4-2)8-9-6-5-7-16-9/h5-7,10,15H,3-4,8H2,1-2H3,(H2,12,13). The summed E-state index contributed by atoms with van der Waals surface area (Å²) in [6, 6.07) is 4.15. The van der Waals surface area contributed by atoms with Crippen LogP contribution in [0.15, 0.2) is 22.7 Å². The maximum atomic E-state index is 8.75. The predicted octanol–water partition coefficient (Wildman–Crippen LogP) is 2.09. The molecule has 0 aliphatic rings. The largest absolute Gasteiger partial charge is 0.409 e. The third-order valence-electron chi connectivity index (χ3n) is 2.63. The van der Waals surface area contributed by atoms with Gasteiger partial charge in [-0.1, -0.05) is 25.1 Å². The third-order valence-corrected chi connectivity index (χ3v) is 3.49. The van der Waals surface area contributed by atoms with E-state index in [2.05, 4.69) is 28.4 Å². The molecule has 0 aliphatic carbocycles. The van der Waals surface area contributed by atoms with Crippen molar-refractivity contribution in [1.29, 1.82) is 0 Å². The van der Waals surface area contributed by atoms with Crippen molar-refractivity contribution in [2.45, 2.75) is 32.9 Å². The third kappa shape index (κ3) is 3.21. The van der Waals surface area contributed by atoms with Crippen molar-refractivity contribution in [3.8, 4) is 0 Å². The van der Waals surface area contributed by atoms with Crippen LogP contribution in [0.2, 0.25) is 0 Å². The van der Waals surface area contributed by atoms with E-state index in [-0.39, 0.29) is 6.04 Å². The van der Waals surface area contributed by atoms with Gasteiger partial charge in [0.2, 0.25) is 0 Å². The molecule has 0 aromatic carbocycles. The lowest BCUT2D eigenvalue weighted by molar-refractivity contribution is 0.232. The van der Waals surface area contributed by atoms with Crippen LogP contribution in [-0.4, -0.2) is 28.5 Å². The first-order chi connectivity index (χ1) is 7.72. The highest BCUT2D eigenvalue weighted by Crippen LogP contribution is 2.15. The molecule has 0 radical (unpaired) electrons. The van der Waals surface area contributed by atoms with Crippen molar-refractivity contribution in [3.05, 3.63) is 22.4 Å². The number of oxime groups is 1. The number of nitrogens with two attached hydrogens (primary N) is 1. The Balaban J connectivity index is 2.72. The van der Waals surface area contributed by atoms with Crippen molar-refractivity contribution < 1.29 is 5.21 Å². The fourth-order valence-electron chi connectivity index (χ4n) is 1.77. The molecule has 5 heteroatoms. The lowest BCUT2D eigenvalue weighted by Crippen LogP contribution is -2.43. The Kier molecular flexibility index (Phi) is 5.28. The summed E-state index contributed by atoms with van der Waals surface area (Å²) in [6.07, 6.45) is 0.842. The van der Waals surface area contributed by atoms with Gasteiger partial charge in [-0.3, -0.25) is 4.90 Å². The van der Waals surface area contributed by atoms with E-state index >= 15 is 0 Å². The summed E-state index contributed by atoms with van der Waals surface area (Å²) in [4.78, 5) is 3.51. The maximum Gasteiger partial charge on any atom is 0.156 e. The minimum absolute atomic E-state index is 0.0112. The second-order valence-corrected chi connectivity index (χ2v) is 4.62. The molecule has 16 heavy (non-hydrogen) atoms. The van der Waals surface area contributed by atoms with E-state index in [4.69, 9.17) is 10.9 Å². The Labute approximate surface area is 100 Å². The number of nitrogens with zero attached hydrogens (tertiary/aromatic N) is 2. The molecule has 0 saturated carbocycles. The Bertz CT molecular complexity index is 324. The van der Waals surface area contributed by atoms with E-state index in [9.17, 15) is 0 Å². The van der Waals surface area contributed by atoms with Gasteiger partial charge in [0, 0.05) is 11.4 Å². The second kappa shape index (κ2) is 6.50. The highest BCUT2D eigenvalue weighted by atomic mass is 32.1. The van der Waals surface area contributed by atoms with Crippen LogP contribution in [0, 0.1) is 0 Å². The Morgan fingerprint density at radius 2 is 2.38 bits per heavy atom. The summed E-state index contributed by atoms with van der Waals surface area (Å²) in [5, 5.41) is 13.9. The van der Waals surface area contributed by atoms with Crippen LogP contribution in [0.5, 0.6) is 0 Å². The number of hydrogen-bond donors (Lipinski definition) is 2. The van der Waals surface area contributed by atoms with Crippen molar-refractivity contribution in [1.82, 2.24) is 4.90 Å². The lowest BCUT2D eigenvalue weighted by Gasteiger charge is -2.28. The lowest BCUT2D eigenvalue weighted by atomic mass is 10.1. The number of thiophene rings is 1. The predicted molar refractivity (Wildman–Crippen MR) is 67.9 cm³/mol. The number of amidine groups is 1. The van der Waals surface area contributed by atoms with E-state index in [1.807, 2.05) is 13.0 Å². The van der Waals surface area contributed by atoms with Crippen LogP contribution in [0.4, 0.5) is 0 Å². The maximum absolute atomic E-state index is 8.75. The van der Waals surface area contributed by atoms with Gasteiger partial charge in [0.15, 0.2) is 5.84 Å². The van der Waals surface area contributed by atoms with Crippen LogP contribution in [-0.2, 0) is 6.54 Å². The first-order valence-electron chi connectivity index (χ1n) is 5.46. The molecule has 0 saturated heterocycles. The first-order valence-corrected chi connectivity index (χ1v) is 6.34. The van der Waals surface area contributed by atoms with Crippen LogP contribution in [0.3, 0.4) is 0 Å². The fourth-order valence-corrected chi connectivity index (χ4v) is 2.50. The minimum atomic E-state index is 0.0112. The van der Waals surface area contributed by atoms with E-state index in [0.29, 0.717) is 5.84 Å². The zero-order valence-corrected chi connectivity index (χ0v) is 10.6. The average molecular weight is 241 g/mol. The fraction of sp³-hybridized carbons (Fsp3) is 0.545. The summed E-state index contributed by atoms with van der Waals surface area (Å²) in [7, 11) is 0. The molecular weight excluding hydrogens is 222 g/mol. The van der Waals surface area contributed by atoms with Gasteiger partial charge in [-0.2, -0.15) is 0 Å². The van der Waals surface area contributed by atoms with Crippen molar-refractivity contribution >= 4 is 17.2 Å². The molecule has 0 spiro atoms. The van der Waals surface area contributed by atoms with Gasteiger partial charge in [-0.05, 0) is 24.4 Å². The summed E-state index contributed by atoms with van der Waals surface area (Å²) >= 11 is 1.73. The van der Waals surface area contributed by atoms with Crippen LogP contribution < -0.4 is 5.73 Å². The number of likely N-dealkylation sites (N-methyl/N-ethyl adjacent to an activating group) is 1. The van der Waals surface area contributed by atoms with Gasteiger partial charge in [0.05, 0.1) is 6.04 Å². The van der Waals surface area contributed by atoms with E-state index < -0.39 is 0 Å². The van der Waals surface area contributed by atoms with Crippen molar-refractivity contribution in [2.24, 2.45) is 10.9 Å². The summed E-state index contributed by atoms with van der Waals surface area (Å²) in [6.45, 7) is 5.86. The van der Waals surface area contributed by atoms with Crippen molar-refractivity contribution in [2.75, 3.05) is 6.54 Å². The molecule has 1 unspecified atom stereocenters. The molecule has 0 bridgehead atoms. The van der Waals surface area contributed by atoms with Crippen molar-refractivity contribution in [3.63, 3.8) is 0 Å². The summed E-state index contributed by atoms with van der Waals surface area (Å²) < 4.78 is 0. The molecule has 0 fully saturated rings. The van der Waals surface area contributed by atoms with Crippen LogP contribution >= 0.6 is 11.3 Å².